The molecule has 21 heavy (non-hydrogen) atoms. The number of carbonyl (C=O) groups is 1. The minimum absolute atomic E-state index is 0.0902. The number of aryl methyl sites for hydroxylation is 1. The highest BCUT2D eigenvalue weighted by Crippen LogP contribution is 2.23. The van der Waals surface area contributed by atoms with Crippen LogP contribution in [0.5, 0.6) is 0 Å². The normalized spacial score (nSPS) is 10.3. The lowest BCUT2D eigenvalue weighted by atomic mass is 10.1. The molecule has 1 aromatic heterocycles. The Balaban J connectivity index is 2.41. The SMILES string of the molecule is CCN(C(=O)c1cc(Cl)nc(NC)c1)c1ccccc1C. The van der Waals surface area contributed by atoms with Crippen LogP contribution in [0.3, 0.4) is 0 Å². The standard InChI is InChI=1S/C16H18ClN3O/c1-4-20(13-8-6-5-7-11(13)2)16(21)12-9-14(17)19-15(10-12)18-3/h5-10H,4H2,1-3H3,(H,18,19). The number of amides is 1. The highest BCUT2D eigenvalue weighted by atomic mass is 35.5. The molecule has 0 bridgehead atoms. The number of rotatable bonds is 4. The minimum Gasteiger partial charge on any atom is -0.373 e. The van der Waals surface area contributed by atoms with Gasteiger partial charge in [-0.2, -0.15) is 0 Å². The summed E-state index contributed by atoms with van der Waals surface area (Å²) in [6.45, 7) is 4.52. The van der Waals surface area contributed by atoms with Gasteiger partial charge < -0.3 is 10.2 Å². The third kappa shape index (κ3) is 3.34. The van der Waals surface area contributed by atoms with Gasteiger partial charge in [-0.3, -0.25) is 4.79 Å². The van der Waals surface area contributed by atoms with Crippen molar-refractivity contribution in [2.24, 2.45) is 0 Å². The molecule has 1 amide bonds. The average Bonchev–Trinajstić information content (AvgIpc) is 2.49. The zero-order chi connectivity index (χ0) is 15.4. The number of nitrogens with one attached hydrogen (secondary N) is 1. The topological polar surface area (TPSA) is 45.2 Å². The van der Waals surface area contributed by atoms with Crippen molar-refractivity contribution < 1.29 is 4.79 Å². The van der Waals surface area contributed by atoms with Gasteiger partial charge in [0.15, 0.2) is 0 Å². The van der Waals surface area contributed by atoms with Crippen molar-refractivity contribution in [1.82, 2.24) is 4.98 Å². The van der Waals surface area contributed by atoms with Crippen molar-refractivity contribution in [1.29, 1.82) is 0 Å². The molecule has 0 aliphatic carbocycles. The smallest absolute Gasteiger partial charge is 0.258 e. The highest BCUT2D eigenvalue weighted by Gasteiger charge is 2.18. The van der Waals surface area contributed by atoms with E-state index < -0.39 is 0 Å². The Hall–Kier alpha value is -2.07. The zero-order valence-corrected chi connectivity index (χ0v) is 13.1. The summed E-state index contributed by atoms with van der Waals surface area (Å²) in [6.07, 6.45) is 0. The number of hydrogen-bond acceptors (Lipinski definition) is 3. The second-order valence-corrected chi connectivity index (χ2v) is 5.04. The monoisotopic (exact) mass is 303 g/mol. The fraction of sp³-hybridized carbons (Fsp3) is 0.250. The van der Waals surface area contributed by atoms with Crippen molar-refractivity contribution in [3.8, 4) is 0 Å². The summed E-state index contributed by atoms with van der Waals surface area (Å²) in [7, 11) is 1.74. The van der Waals surface area contributed by atoms with Crippen LogP contribution < -0.4 is 10.2 Å². The van der Waals surface area contributed by atoms with Gasteiger partial charge in [0, 0.05) is 24.8 Å². The minimum atomic E-state index is -0.0902. The Bertz CT molecular complexity index is 658. The third-order valence-electron chi connectivity index (χ3n) is 3.26. The lowest BCUT2D eigenvalue weighted by Gasteiger charge is -2.23. The maximum absolute atomic E-state index is 12.8. The molecule has 0 fully saturated rings. The van der Waals surface area contributed by atoms with Crippen LogP contribution in [-0.4, -0.2) is 24.5 Å². The second kappa shape index (κ2) is 6.59. The molecular weight excluding hydrogens is 286 g/mol. The lowest BCUT2D eigenvalue weighted by molar-refractivity contribution is 0.0988. The summed E-state index contributed by atoms with van der Waals surface area (Å²) in [5.74, 6) is 0.485. The first-order valence-corrected chi connectivity index (χ1v) is 7.17. The van der Waals surface area contributed by atoms with Gasteiger partial charge in [0.1, 0.15) is 11.0 Å². The number of para-hydroxylation sites is 1. The Kier molecular flexibility index (Phi) is 4.81. The van der Waals surface area contributed by atoms with Crippen molar-refractivity contribution >= 4 is 29.0 Å². The molecule has 2 aromatic rings. The van der Waals surface area contributed by atoms with E-state index in [1.165, 1.54) is 0 Å². The molecule has 0 aliphatic rings. The molecule has 1 heterocycles. The van der Waals surface area contributed by atoms with E-state index >= 15 is 0 Å². The molecule has 0 saturated heterocycles. The summed E-state index contributed by atoms with van der Waals surface area (Å²) < 4.78 is 0. The van der Waals surface area contributed by atoms with Gasteiger partial charge in [-0.05, 0) is 37.6 Å². The van der Waals surface area contributed by atoms with Crippen molar-refractivity contribution in [2.75, 3.05) is 23.8 Å². The molecule has 4 nitrogen and oxygen atoms in total. The highest BCUT2D eigenvalue weighted by molar-refractivity contribution is 6.30. The molecule has 0 radical (unpaired) electrons. The van der Waals surface area contributed by atoms with Crippen molar-refractivity contribution in [3.05, 3.63) is 52.7 Å². The third-order valence-corrected chi connectivity index (χ3v) is 3.46. The first kappa shape index (κ1) is 15.3. The maximum Gasteiger partial charge on any atom is 0.258 e. The van der Waals surface area contributed by atoms with Crippen LogP contribution in [0.25, 0.3) is 0 Å². The van der Waals surface area contributed by atoms with Crippen LogP contribution >= 0.6 is 11.6 Å². The lowest BCUT2D eigenvalue weighted by Crippen LogP contribution is -2.31. The van der Waals surface area contributed by atoms with Crippen molar-refractivity contribution in [2.45, 2.75) is 13.8 Å². The van der Waals surface area contributed by atoms with Crippen LogP contribution in [-0.2, 0) is 0 Å². The summed E-state index contributed by atoms with van der Waals surface area (Å²) in [5.41, 5.74) is 2.48. The summed E-state index contributed by atoms with van der Waals surface area (Å²) in [4.78, 5) is 18.6. The number of carbonyl (C=O) groups excluding carboxylic acids is 1. The molecule has 0 atom stereocenters. The van der Waals surface area contributed by atoms with Crippen LogP contribution in [0, 0.1) is 6.92 Å². The van der Waals surface area contributed by atoms with Gasteiger partial charge in [-0.25, -0.2) is 4.98 Å². The number of aromatic nitrogens is 1. The van der Waals surface area contributed by atoms with E-state index in [2.05, 4.69) is 10.3 Å². The van der Waals surface area contributed by atoms with Gasteiger partial charge in [0.2, 0.25) is 0 Å². The molecule has 2 rings (SSSR count). The Morgan fingerprint density at radius 1 is 1.33 bits per heavy atom. The van der Waals surface area contributed by atoms with Gasteiger partial charge in [-0.1, -0.05) is 29.8 Å². The van der Waals surface area contributed by atoms with Crippen LogP contribution in [0.1, 0.15) is 22.8 Å². The zero-order valence-electron chi connectivity index (χ0n) is 12.4. The number of nitrogens with zero attached hydrogens (tertiary/aromatic N) is 2. The molecule has 1 N–H and O–H groups in total. The molecule has 0 unspecified atom stereocenters. The van der Waals surface area contributed by atoms with Gasteiger partial charge >= 0.3 is 0 Å². The predicted molar refractivity (Wildman–Crippen MR) is 87.3 cm³/mol. The van der Waals surface area contributed by atoms with Gasteiger partial charge in [-0.15, -0.1) is 0 Å². The van der Waals surface area contributed by atoms with Crippen LogP contribution in [0.15, 0.2) is 36.4 Å². The van der Waals surface area contributed by atoms with E-state index in [-0.39, 0.29) is 5.91 Å². The van der Waals surface area contributed by atoms with E-state index in [9.17, 15) is 4.79 Å². The first-order chi connectivity index (χ1) is 10.1. The average molecular weight is 304 g/mol. The Labute approximate surface area is 129 Å². The number of hydrogen-bond donors (Lipinski definition) is 1. The number of anilines is 2. The largest absolute Gasteiger partial charge is 0.373 e. The predicted octanol–water partition coefficient (Wildman–Crippen LogP) is 3.75. The first-order valence-electron chi connectivity index (χ1n) is 6.79. The van der Waals surface area contributed by atoms with E-state index in [0.29, 0.717) is 23.1 Å². The number of halogens is 1. The fourth-order valence-corrected chi connectivity index (χ4v) is 2.40. The summed E-state index contributed by atoms with van der Waals surface area (Å²) >= 11 is 5.98. The number of pyridine rings is 1. The van der Waals surface area contributed by atoms with E-state index in [0.717, 1.165) is 11.3 Å². The van der Waals surface area contributed by atoms with E-state index in [4.69, 9.17) is 11.6 Å². The molecule has 1 aromatic carbocycles. The molecule has 5 heteroatoms. The molecule has 110 valence electrons. The summed E-state index contributed by atoms with van der Waals surface area (Å²) in [6, 6.07) is 11.1. The molecular formula is C16H18ClN3O. The quantitative estimate of drug-likeness (QED) is 0.875. The number of benzene rings is 1. The van der Waals surface area contributed by atoms with Crippen LogP contribution in [0.4, 0.5) is 11.5 Å². The van der Waals surface area contributed by atoms with Gasteiger partial charge in [0.25, 0.3) is 5.91 Å². The Morgan fingerprint density at radius 2 is 2.05 bits per heavy atom. The van der Waals surface area contributed by atoms with Gasteiger partial charge in [0.05, 0.1) is 0 Å². The molecule has 0 saturated carbocycles. The van der Waals surface area contributed by atoms with Crippen LogP contribution in [0.2, 0.25) is 5.15 Å². The maximum atomic E-state index is 12.8. The van der Waals surface area contributed by atoms with E-state index in [1.54, 1.807) is 24.1 Å². The molecule has 0 aliphatic heterocycles. The molecule has 0 spiro atoms. The Morgan fingerprint density at radius 3 is 2.67 bits per heavy atom. The second-order valence-electron chi connectivity index (χ2n) is 4.65. The van der Waals surface area contributed by atoms with E-state index in [1.807, 2.05) is 38.1 Å². The summed E-state index contributed by atoms with van der Waals surface area (Å²) in [5, 5.41) is 3.20. The van der Waals surface area contributed by atoms with Crippen molar-refractivity contribution in [3.63, 3.8) is 0 Å². The fourth-order valence-electron chi connectivity index (χ4n) is 2.19.